The largest absolute Gasteiger partial charge is 0.327 e. The van der Waals surface area contributed by atoms with Crippen LogP contribution in [-0.2, 0) is 4.79 Å². The first kappa shape index (κ1) is 16.7. The van der Waals surface area contributed by atoms with Crippen molar-refractivity contribution >= 4 is 17.6 Å². The van der Waals surface area contributed by atoms with Crippen LogP contribution in [0.25, 0.3) is 0 Å². The topological polar surface area (TPSA) is 70.2 Å². The number of halogens is 1. The van der Waals surface area contributed by atoms with E-state index in [4.69, 9.17) is 0 Å². The van der Waals surface area contributed by atoms with Gasteiger partial charge in [-0.2, -0.15) is 0 Å². The molecule has 2 aromatic rings. The monoisotopic (exact) mass is 339 g/mol. The average molecular weight is 339 g/mol. The van der Waals surface area contributed by atoms with Crippen molar-refractivity contribution in [2.45, 2.75) is 19.9 Å². The molecule has 0 aliphatic carbocycles. The highest BCUT2D eigenvalue weighted by molar-refractivity contribution is 6.06. The normalized spacial score (nSPS) is 16.9. The summed E-state index contributed by atoms with van der Waals surface area (Å²) in [6.45, 7) is 3.65. The van der Waals surface area contributed by atoms with Crippen molar-refractivity contribution in [1.29, 1.82) is 0 Å². The molecule has 0 fully saturated rings. The van der Waals surface area contributed by atoms with Gasteiger partial charge in [-0.25, -0.2) is 9.18 Å². The summed E-state index contributed by atoms with van der Waals surface area (Å²) in [6, 6.07) is 12.2. The molecular weight excluding hydrogens is 321 g/mol. The van der Waals surface area contributed by atoms with Crippen LogP contribution in [-0.4, -0.2) is 11.9 Å². The quantitative estimate of drug-likeness (QED) is 0.802. The number of hydrogen-bond acceptors (Lipinski definition) is 2. The van der Waals surface area contributed by atoms with Crippen LogP contribution in [0.4, 0.5) is 14.9 Å². The van der Waals surface area contributed by atoms with Crippen LogP contribution >= 0.6 is 0 Å². The standard InChI is InChI=1S/C19H18FN3O2/c1-11-3-5-13(6-4-11)17-16(12(2)21-19(25)23-17)18(24)22-15-9-7-14(20)8-10-15/h3-10,17H,1-2H3,(H,22,24)(H2,21,23,25)/t17-/m1/s1. The molecule has 0 unspecified atom stereocenters. The lowest BCUT2D eigenvalue weighted by Crippen LogP contribution is -2.45. The third-order valence-corrected chi connectivity index (χ3v) is 4.03. The number of urea groups is 1. The second-order valence-electron chi connectivity index (χ2n) is 5.94. The van der Waals surface area contributed by atoms with Crippen LogP contribution in [0, 0.1) is 12.7 Å². The van der Waals surface area contributed by atoms with Crippen LogP contribution in [0.1, 0.15) is 24.1 Å². The molecule has 0 saturated carbocycles. The lowest BCUT2D eigenvalue weighted by atomic mass is 9.94. The molecule has 0 spiro atoms. The highest BCUT2D eigenvalue weighted by Crippen LogP contribution is 2.28. The van der Waals surface area contributed by atoms with Gasteiger partial charge in [-0.05, 0) is 43.7 Å². The summed E-state index contributed by atoms with van der Waals surface area (Å²) in [5.41, 5.74) is 3.26. The molecule has 25 heavy (non-hydrogen) atoms. The minimum Gasteiger partial charge on any atom is -0.327 e. The number of rotatable bonds is 3. The third kappa shape index (κ3) is 3.68. The second kappa shape index (κ2) is 6.76. The first-order chi connectivity index (χ1) is 11.9. The minimum absolute atomic E-state index is 0.359. The maximum atomic E-state index is 13.0. The van der Waals surface area contributed by atoms with Gasteiger partial charge in [-0.3, -0.25) is 4.79 Å². The zero-order valence-electron chi connectivity index (χ0n) is 13.9. The van der Waals surface area contributed by atoms with Crippen LogP contribution in [0.5, 0.6) is 0 Å². The fourth-order valence-corrected chi connectivity index (χ4v) is 2.74. The molecule has 2 aromatic carbocycles. The molecule has 0 aromatic heterocycles. The first-order valence-corrected chi connectivity index (χ1v) is 7.86. The smallest absolute Gasteiger partial charge is 0.319 e. The van der Waals surface area contributed by atoms with E-state index in [1.807, 2.05) is 31.2 Å². The van der Waals surface area contributed by atoms with Gasteiger partial charge in [-0.1, -0.05) is 29.8 Å². The highest BCUT2D eigenvalue weighted by Gasteiger charge is 2.31. The summed E-state index contributed by atoms with van der Waals surface area (Å²) in [6.07, 6.45) is 0. The summed E-state index contributed by atoms with van der Waals surface area (Å²) in [5, 5.41) is 8.15. The molecule has 1 atom stereocenters. The number of hydrogen-bond donors (Lipinski definition) is 3. The Kier molecular flexibility index (Phi) is 4.52. The van der Waals surface area contributed by atoms with Gasteiger partial charge >= 0.3 is 6.03 Å². The summed E-state index contributed by atoms with van der Waals surface area (Å²) in [4.78, 5) is 24.6. The number of nitrogens with one attached hydrogen (secondary N) is 3. The van der Waals surface area contributed by atoms with Crippen LogP contribution in [0.2, 0.25) is 0 Å². The van der Waals surface area contributed by atoms with Gasteiger partial charge in [0, 0.05) is 11.4 Å². The van der Waals surface area contributed by atoms with Crippen LogP contribution in [0.3, 0.4) is 0 Å². The minimum atomic E-state index is -0.560. The number of carbonyl (C=O) groups excluding carboxylic acids is 2. The number of aryl methyl sites for hydroxylation is 1. The van der Waals surface area contributed by atoms with E-state index in [-0.39, 0.29) is 17.8 Å². The fourth-order valence-electron chi connectivity index (χ4n) is 2.74. The Bertz CT molecular complexity index is 842. The van der Waals surface area contributed by atoms with Crippen molar-refractivity contribution in [3.63, 3.8) is 0 Å². The Balaban J connectivity index is 1.92. The molecule has 3 rings (SSSR count). The molecular formula is C19H18FN3O2. The number of anilines is 1. The Labute approximate surface area is 144 Å². The van der Waals surface area contributed by atoms with E-state index in [1.165, 1.54) is 24.3 Å². The number of benzene rings is 2. The summed E-state index contributed by atoms with van der Waals surface area (Å²) in [5.74, 6) is -0.736. The number of carbonyl (C=O) groups is 2. The van der Waals surface area contributed by atoms with Gasteiger partial charge in [0.25, 0.3) is 5.91 Å². The molecule has 5 nitrogen and oxygen atoms in total. The van der Waals surface area contributed by atoms with E-state index < -0.39 is 6.04 Å². The van der Waals surface area contributed by atoms with Crippen LogP contribution < -0.4 is 16.0 Å². The van der Waals surface area contributed by atoms with Crippen molar-refractivity contribution in [2.24, 2.45) is 0 Å². The molecule has 3 amide bonds. The number of amides is 3. The van der Waals surface area contributed by atoms with E-state index in [9.17, 15) is 14.0 Å². The lowest BCUT2D eigenvalue weighted by Gasteiger charge is -2.28. The first-order valence-electron chi connectivity index (χ1n) is 7.86. The maximum absolute atomic E-state index is 13.0. The Hall–Kier alpha value is -3.15. The number of allylic oxidation sites excluding steroid dienone is 1. The predicted molar refractivity (Wildman–Crippen MR) is 93.3 cm³/mol. The predicted octanol–water partition coefficient (Wildman–Crippen LogP) is 3.40. The average Bonchev–Trinajstić information content (AvgIpc) is 2.57. The Morgan fingerprint density at radius 2 is 1.68 bits per heavy atom. The molecule has 0 radical (unpaired) electrons. The molecule has 0 saturated heterocycles. The summed E-state index contributed by atoms with van der Waals surface area (Å²) in [7, 11) is 0. The Morgan fingerprint density at radius 3 is 2.32 bits per heavy atom. The van der Waals surface area contributed by atoms with Gasteiger partial charge in [0.2, 0.25) is 0 Å². The van der Waals surface area contributed by atoms with Gasteiger partial charge in [-0.15, -0.1) is 0 Å². The van der Waals surface area contributed by atoms with E-state index in [0.717, 1.165) is 11.1 Å². The van der Waals surface area contributed by atoms with Gasteiger partial charge < -0.3 is 16.0 Å². The zero-order valence-corrected chi connectivity index (χ0v) is 13.9. The van der Waals surface area contributed by atoms with Gasteiger partial charge in [0.15, 0.2) is 0 Å². The summed E-state index contributed by atoms with van der Waals surface area (Å²) >= 11 is 0. The van der Waals surface area contributed by atoms with Gasteiger partial charge in [0.1, 0.15) is 5.82 Å². The van der Waals surface area contributed by atoms with Crippen LogP contribution in [0.15, 0.2) is 59.8 Å². The fraction of sp³-hybridized carbons (Fsp3) is 0.158. The molecule has 1 heterocycles. The van der Waals surface area contributed by atoms with Crippen molar-refractivity contribution in [3.8, 4) is 0 Å². The third-order valence-electron chi connectivity index (χ3n) is 4.03. The second-order valence-corrected chi connectivity index (χ2v) is 5.94. The molecule has 1 aliphatic heterocycles. The molecule has 3 N–H and O–H groups in total. The Morgan fingerprint density at radius 1 is 1.04 bits per heavy atom. The van der Waals surface area contributed by atoms with E-state index in [1.54, 1.807) is 6.92 Å². The summed E-state index contributed by atoms with van der Waals surface area (Å²) < 4.78 is 13.0. The zero-order chi connectivity index (χ0) is 18.0. The maximum Gasteiger partial charge on any atom is 0.319 e. The molecule has 6 heteroatoms. The van der Waals surface area contributed by atoms with E-state index in [0.29, 0.717) is 17.0 Å². The van der Waals surface area contributed by atoms with Crippen molar-refractivity contribution < 1.29 is 14.0 Å². The van der Waals surface area contributed by atoms with Gasteiger partial charge in [0.05, 0.1) is 11.6 Å². The SMILES string of the molecule is CC1=C(C(=O)Nc2ccc(F)cc2)[C@@H](c2ccc(C)cc2)NC(=O)N1. The van der Waals surface area contributed by atoms with Crippen molar-refractivity contribution in [3.05, 3.63) is 76.7 Å². The molecule has 128 valence electrons. The highest BCUT2D eigenvalue weighted by atomic mass is 19.1. The van der Waals surface area contributed by atoms with E-state index >= 15 is 0 Å². The lowest BCUT2D eigenvalue weighted by molar-refractivity contribution is -0.113. The van der Waals surface area contributed by atoms with E-state index in [2.05, 4.69) is 16.0 Å². The van der Waals surface area contributed by atoms with Crippen molar-refractivity contribution in [1.82, 2.24) is 10.6 Å². The molecule has 0 bridgehead atoms. The van der Waals surface area contributed by atoms with Crippen molar-refractivity contribution in [2.75, 3.05) is 5.32 Å². The molecule has 1 aliphatic rings.